The van der Waals surface area contributed by atoms with Gasteiger partial charge >= 0.3 is 0 Å². The molecule has 1 aromatic rings. The van der Waals surface area contributed by atoms with Crippen LogP contribution in [0.3, 0.4) is 0 Å². The van der Waals surface area contributed by atoms with Gasteiger partial charge in [-0.1, -0.05) is 18.2 Å². The fourth-order valence-electron chi connectivity index (χ4n) is 4.36. The lowest BCUT2D eigenvalue weighted by Crippen LogP contribution is -2.47. The Morgan fingerprint density at radius 2 is 1.90 bits per heavy atom. The molecule has 1 aromatic carbocycles. The number of benzene rings is 1. The Kier molecular flexibility index (Phi) is 7.87. The Morgan fingerprint density at radius 3 is 2.60 bits per heavy atom. The third-order valence-electron chi connectivity index (χ3n) is 6.50. The number of para-hydroxylation sites is 1. The summed E-state index contributed by atoms with van der Waals surface area (Å²) in [4.78, 5) is 6.86. The molecule has 166 valence electrons. The number of piperidine rings is 1. The predicted octanol–water partition coefficient (Wildman–Crippen LogP) is 3.74. The first-order valence-corrected chi connectivity index (χ1v) is 11.7. The maximum Gasteiger partial charge on any atom is 0.193 e. The maximum absolute atomic E-state index is 6.16. The number of hydrogen-bond donors (Lipinski definition) is 1. The van der Waals surface area contributed by atoms with Crippen molar-refractivity contribution in [2.24, 2.45) is 4.99 Å². The number of aliphatic imine (C=N–C) groups is 1. The van der Waals surface area contributed by atoms with Crippen molar-refractivity contribution in [2.45, 2.75) is 76.2 Å². The second kappa shape index (κ2) is 11.0. The molecule has 0 bridgehead atoms. The van der Waals surface area contributed by atoms with Crippen LogP contribution in [-0.4, -0.2) is 62.5 Å². The summed E-state index contributed by atoms with van der Waals surface area (Å²) in [6.45, 7) is 4.30. The van der Waals surface area contributed by atoms with Gasteiger partial charge in [-0.05, 0) is 57.4 Å². The highest BCUT2D eigenvalue weighted by Crippen LogP contribution is 2.27. The molecular weight excluding hydrogens is 378 g/mol. The Hall–Kier alpha value is -1.79. The fraction of sp³-hybridized carbons (Fsp3) is 0.708. The Morgan fingerprint density at radius 1 is 1.07 bits per heavy atom. The number of nitrogens with zero attached hydrogens (tertiary/aromatic N) is 2. The molecule has 0 aromatic heterocycles. The SMILES string of the molecule is CN=C(NCc1ccccc1OC1CCC1)N1CCC(OCC2CCCCO2)CC1. The molecule has 1 atom stereocenters. The number of hydrogen-bond acceptors (Lipinski definition) is 4. The summed E-state index contributed by atoms with van der Waals surface area (Å²) >= 11 is 0. The van der Waals surface area contributed by atoms with E-state index in [2.05, 4.69) is 39.5 Å². The van der Waals surface area contributed by atoms with Crippen molar-refractivity contribution in [2.75, 3.05) is 33.4 Å². The number of nitrogens with one attached hydrogen (secondary N) is 1. The summed E-state index contributed by atoms with van der Waals surface area (Å²) < 4.78 is 18.1. The molecule has 0 spiro atoms. The van der Waals surface area contributed by atoms with Crippen molar-refractivity contribution in [1.29, 1.82) is 0 Å². The van der Waals surface area contributed by atoms with Crippen LogP contribution in [0.15, 0.2) is 29.3 Å². The normalized spacial score (nSPS) is 23.8. The molecule has 6 nitrogen and oxygen atoms in total. The Bertz CT molecular complexity index is 678. The summed E-state index contributed by atoms with van der Waals surface area (Å²) in [5.41, 5.74) is 1.19. The van der Waals surface area contributed by atoms with Crippen LogP contribution in [0, 0.1) is 0 Å². The van der Waals surface area contributed by atoms with Crippen LogP contribution in [0.25, 0.3) is 0 Å². The maximum atomic E-state index is 6.16. The molecule has 2 aliphatic heterocycles. The van der Waals surface area contributed by atoms with Crippen LogP contribution in [0.1, 0.15) is 56.9 Å². The number of ether oxygens (including phenoxy) is 3. The van der Waals surface area contributed by atoms with Gasteiger partial charge in [0, 0.05) is 38.9 Å². The molecule has 4 rings (SSSR count). The molecule has 1 saturated carbocycles. The third kappa shape index (κ3) is 5.88. The zero-order chi connectivity index (χ0) is 20.6. The molecule has 6 heteroatoms. The minimum Gasteiger partial charge on any atom is -0.490 e. The van der Waals surface area contributed by atoms with Gasteiger partial charge in [-0.2, -0.15) is 0 Å². The topological polar surface area (TPSA) is 55.3 Å². The largest absolute Gasteiger partial charge is 0.490 e. The van der Waals surface area contributed by atoms with Gasteiger partial charge < -0.3 is 24.4 Å². The van der Waals surface area contributed by atoms with Gasteiger partial charge in [-0.15, -0.1) is 0 Å². The quantitative estimate of drug-likeness (QED) is 0.543. The van der Waals surface area contributed by atoms with Crippen molar-refractivity contribution in [1.82, 2.24) is 10.2 Å². The molecule has 2 saturated heterocycles. The van der Waals surface area contributed by atoms with E-state index in [4.69, 9.17) is 14.2 Å². The zero-order valence-electron chi connectivity index (χ0n) is 18.4. The van der Waals surface area contributed by atoms with E-state index < -0.39 is 0 Å². The van der Waals surface area contributed by atoms with E-state index in [-0.39, 0.29) is 0 Å². The van der Waals surface area contributed by atoms with Crippen molar-refractivity contribution < 1.29 is 14.2 Å². The van der Waals surface area contributed by atoms with Crippen molar-refractivity contribution in [3.63, 3.8) is 0 Å². The molecular formula is C24H37N3O3. The summed E-state index contributed by atoms with van der Waals surface area (Å²) in [5, 5.41) is 3.54. The second-order valence-electron chi connectivity index (χ2n) is 8.69. The van der Waals surface area contributed by atoms with Gasteiger partial charge in [-0.25, -0.2) is 0 Å². The monoisotopic (exact) mass is 415 g/mol. The second-order valence-corrected chi connectivity index (χ2v) is 8.69. The van der Waals surface area contributed by atoms with Crippen molar-refractivity contribution in [3.05, 3.63) is 29.8 Å². The summed E-state index contributed by atoms with van der Waals surface area (Å²) in [6, 6.07) is 8.35. The van der Waals surface area contributed by atoms with Gasteiger partial charge in [0.15, 0.2) is 5.96 Å². The zero-order valence-corrected chi connectivity index (χ0v) is 18.4. The van der Waals surface area contributed by atoms with Crippen LogP contribution in [-0.2, 0) is 16.0 Å². The van der Waals surface area contributed by atoms with E-state index in [1.165, 1.54) is 37.7 Å². The molecule has 30 heavy (non-hydrogen) atoms. The lowest BCUT2D eigenvalue weighted by molar-refractivity contribution is -0.0721. The first-order chi connectivity index (χ1) is 14.8. The molecule has 3 aliphatic rings. The van der Waals surface area contributed by atoms with E-state index in [0.717, 1.165) is 63.8 Å². The fourth-order valence-corrected chi connectivity index (χ4v) is 4.36. The van der Waals surface area contributed by atoms with Crippen LogP contribution >= 0.6 is 0 Å². The van der Waals surface area contributed by atoms with Gasteiger partial charge in [-0.3, -0.25) is 4.99 Å². The number of guanidine groups is 1. The number of likely N-dealkylation sites (tertiary alicyclic amines) is 1. The summed E-state index contributed by atoms with van der Waals surface area (Å²) in [6.07, 6.45) is 10.3. The molecule has 3 fully saturated rings. The van der Waals surface area contributed by atoms with E-state index in [1.54, 1.807) is 0 Å². The Balaban J connectivity index is 1.21. The predicted molar refractivity (Wildman–Crippen MR) is 119 cm³/mol. The van der Waals surface area contributed by atoms with Crippen molar-refractivity contribution >= 4 is 5.96 Å². The molecule has 1 aliphatic carbocycles. The minimum absolute atomic E-state index is 0.299. The van der Waals surface area contributed by atoms with E-state index in [1.807, 2.05) is 7.05 Å². The van der Waals surface area contributed by atoms with Crippen LogP contribution < -0.4 is 10.1 Å². The van der Waals surface area contributed by atoms with Crippen molar-refractivity contribution in [3.8, 4) is 5.75 Å². The van der Waals surface area contributed by atoms with Crippen LogP contribution in [0.5, 0.6) is 5.75 Å². The highest BCUT2D eigenvalue weighted by molar-refractivity contribution is 5.80. The third-order valence-corrected chi connectivity index (χ3v) is 6.50. The molecule has 2 heterocycles. The Labute approximate surface area is 181 Å². The molecule has 1 unspecified atom stereocenters. The molecule has 0 radical (unpaired) electrons. The lowest BCUT2D eigenvalue weighted by atomic mass is 9.96. The first kappa shape index (κ1) is 21.4. The summed E-state index contributed by atoms with van der Waals surface area (Å²) in [5.74, 6) is 1.96. The van der Waals surface area contributed by atoms with Gasteiger partial charge in [0.1, 0.15) is 5.75 Å². The lowest BCUT2D eigenvalue weighted by Gasteiger charge is -2.35. The van der Waals surface area contributed by atoms with Gasteiger partial charge in [0.25, 0.3) is 0 Å². The standard InChI is InChI=1S/C24H37N3O3/c1-25-24(26-17-19-7-2-3-11-23(19)30-21-9-6-10-21)27-14-12-20(13-15-27)29-18-22-8-4-5-16-28-22/h2-3,7,11,20-22H,4-6,8-10,12-18H2,1H3,(H,25,26). The van der Waals surface area contributed by atoms with E-state index in [9.17, 15) is 0 Å². The summed E-state index contributed by atoms with van der Waals surface area (Å²) in [7, 11) is 1.86. The van der Waals surface area contributed by atoms with E-state index in [0.29, 0.717) is 18.3 Å². The average Bonchev–Trinajstić information content (AvgIpc) is 2.77. The first-order valence-electron chi connectivity index (χ1n) is 11.7. The average molecular weight is 416 g/mol. The highest BCUT2D eigenvalue weighted by Gasteiger charge is 2.24. The van der Waals surface area contributed by atoms with Crippen LogP contribution in [0.4, 0.5) is 0 Å². The minimum atomic E-state index is 0.299. The smallest absolute Gasteiger partial charge is 0.193 e. The van der Waals surface area contributed by atoms with Gasteiger partial charge in [0.2, 0.25) is 0 Å². The van der Waals surface area contributed by atoms with E-state index >= 15 is 0 Å². The highest BCUT2D eigenvalue weighted by atomic mass is 16.5. The number of rotatable bonds is 7. The van der Waals surface area contributed by atoms with Gasteiger partial charge in [0.05, 0.1) is 24.9 Å². The molecule has 0 amide bonds. The molecule has 1 N–H and O–H groups in total. The van der Waals surface area contributed by atoms with Crippen LogP contribution in [0.2, 0.25) is 0 Å².